The second-order valence-electron chi connectivity index (χ2n) is 6.87. The highest BCUT2D eigenvalue weighted by molar-refractivity contribution is 7.18. The number of carbonyl (C=O) groups is 3. The summed E-state index contributed by atoms with van der Waals surface area (Å²) in [4.78, 5) is 41.8. The molecular formula is C23H17FN4O4S. The molecule has 3 amide bonds. The molecule has 0 saturated carbocycles. The Morgan fingerprint density at radius 3 is 2.45 bits per heavy atom. The van der Waals surface area contributed by atoms with Crippen molar-refractivity contribution in [3.05, 3.63) is 94.8 Å². The van der Waals surface area contributed by atoms with E-state index in [1.165, 1.54) is 36.7 Å². The molecule has 0 bridgehead atoms. The molecule has 10 heteroatoms. The lowest BCUT2D eigenvalue weighted by Gasteiger charge is -2.12. The highest BCUT2D eigenvalue weighted by Crippen LogP contribution is 2.30. The number of pyridine rings is 1. The van der Waals surface area contributed by atoms with Crippen LogP contribution >= 0.6 is 11.3 Å². The molecule has 0 unspecified atom stereocenters. The lowest BCUT2D eigenvalue weighted by atomic mass is 10.2. The van der Waals surface area contributed by atoms with Gasteiger partial charge in [0.2, 0.25) is 0 Å². The van der Waals surface area contributed by atoms with E-state index in [-0.39, 0.29) is 22.8 Å². The molecule has 3 heterocycles. The summed E-state index contributed by atoms with van der Waals surface area (Å²) >= 11 is 1.06. The van der Waals surface area contributed by atoms with Crippen molar-refractivity contribution in [2.45, 2.75) is 6.92 Å². The van der Waals surface area contributed by atoms with Crippen LogP contribution in [0.1, 0.15) is 36.3 Å². The van der Waals surface area contributed by atoms with Gasteiger partial charge in [-0.15, -0.1) is 11.3 Å². The number of aryl methyl sites for hydroxylation is 1. The van der Waals surface area contributed by atoms with Crippen molar-refractivity contribution in [2.24, 2.45) is 0 Å². The maximum absolute atomic E-state index is 13.9. The van der Waals surface area contributed by atoms with Crippen molar-refractivity contribution in [3.8, 4) is 0 Å². The largest absolute Gasteiger partial charge is 0.459 e. The van der Waals surface area contributed by atoms with Crippen LogP contribution in [0.3, 0.4) is 0 Å². The first-order valence-corrected chi connectivity index (χ1v) is 10.5. The van der Waals surface area contributed by atoms with E-state index in [1.807, 2.05) is 0 Å². The van der Waals surface area contributed by atoms with Gasteiger partial charge in [-0.2, -0.15) is 0 Å². The minimum absolute atomic E-state index is 0.0817. The molecule has 0 radical (unpaired) electrons. The van der Waals surface area contributed by atoms with Gasteiger partial charge < -0.3 is 20.4 Å². The number of thiophene rings is 1. The third kappa shape index (κ3) is 5.13. The van der Waals surface area contributed by atoms with Crippen LogP contribution in [-0.2, 0) is 0 Å². The molecular weight excluding hydrogens is 447 g/mol. The molecule has 0 aliphatic heterocycles. The number of halogens is 1. The van der Waals surface area contributed by atoms with Gasteiger partial charge in [-0.05, 0) is 61.0 Å². The van der Waals surface area contributed by atoms with Crippen LogP contribution in [-0.4, -0.2) is 22.7 Å². The Balaban J connectivity index is 1.51. The lowest BCUT2D eigenvalue weighted by molar-refractivity contribution is 0.0994. The SMILES string of the molecule is Cc1cc(NC(=O)c2ccco2)sc1C(=O)Nc1cc(F)ccc1NC(=O)c1ccccn1. The first-order valence-electron chi connectivity index (χ1n) is 9.69. The number of nitrogens with zero attached hydrogens (tertiary/aromatic N) is 1. The Kier molecular flexibility index (Phi) is 6.27. The molecule has 0 saturated heterocycles. The number of anilines is 3. The van der Waals surface area contributed by atoms with E-state index in [0.717, 1.165) is 17.4 Å². The van der Waals surface area contributed by atoms with E-state index in [4.69, 9.17) is 4.42 Å². The topological polar surface area (TPSA) is 113 Å². The highest BCUT2D eigenvalue weighted by atomic mass is 32.1. The standard InChI is InChI=1S/C23H17FN4O4S/c1-13-11-19(28-22(30)18-6-4-10-32-18)33-20(13)23(31)27-17-12-14(24)7-8-15(17)26-21(29)16-5-2-3-9-25-16/h2-12H,1H3,(H,26,29)(H,27,31)(H,28,30). The van der Waals surface area contributed by atoms with Crippen molar-refractivity contribution in [2.75, 3.05) is 16.0 Å². The molecule has 8 nitrogen and oxygen atoms in total. The summed E-state index contributed by atoms with van der Waals surface area (Å²) in [5, 5.41) is 8.37. The fourth-order valence-electron chi connectivity index (χ4n) is 2.94. The monoisotopic (exact) mass is 464 g/mol. The predicted molar refractivity (Wildman–Crippen MR) is 122 cm³/mol. The number of rotatable bonds is 6. The highest BCUT2D eigenvalue weighted by Gasteiger charge is 2.19. The molecule has 0 aliphatic carbocycles. The Hall–Kier alpha value is -4.31. The molecule has 4 rings (SSSR count). The zero-order chi connectivity index (χ0) is 23.4. The molecule has 166 valence electrons. The van der Waals surface area contributed by atoms with Gasteiger partial charge in [-0.3, -0.25) is 19.4 Å². The number of amides is 3. The van der Waals surface area contributed by atoms with E-state index in [9.17, 15) is 18.8 Å². The lowest BCUT2D eigenvalue weighted by Crippen LogP contribution is -2.17. The third-order valence-corrected chi connectivity index (χ3v) is 5.63. The number of nitrogens with one attached hydrogen (secondary N) is 3. The minimum atomic E-state index is -0.588. The number of carbonyl (C=O) groups excluding carboxylic acids is 3. The predicted octanol–water partition coefficient (Wildman–Crippen LogP) is 4.94. The quantitative estimate of drug-likeness (QED) is 0.374. The molecule has 33 heavy (non-hydrogen) atoms. The molecule has 1 aromatic carbocycles. The van der Waals surface area contributed by atoms with Crippen LogP contribution in [0.2, 0.25) is 0 Å². The van der Waals surface area contributed by atoms with Crippen molar-refractivity contribution >= 4 is 45.4 Å². The zero-order valence-corrected chi connectivity index (χ0v) is 18.0. The Morgan fingerprint density at radius 1 is 0.909 bits per heavy atom. The van der Waals surface area contributed by atoms with Crippen LogP contribution in [0.4, 0.5) is 20.8 Å². The van der Waals surface area contributed by atoms with E-state index >= 15 is 0 Å². The van der Waals surface area contributed by atoms with Crippen LogP contribution in [0.5, 0.6) is 0 Å². The Morgan fingerprint density at radius 2 is 1.73 bits per heavy atom. The van der Waals surface area contributed by atoms with Crippen LogP contribution in [0.25, 0.3) is 0 Å². The molecule has 0 atom stereocenters. The summed E-state index contributed by atoms with van der Waals surface area (Å²) in [6.07, 6.45) is 2.86. The number of benzene rings is 1. The molecule has 3 aromatic heterocycles. The second kappa shape index (κ2) is 9.45. The zero-order valence-electron chi connectivity index (χ0n) is 17.2. The summed E-state index contributed by atoms with van der Waals surface area (Å²) in [6, 6.07) is 13.3. The summed E-state index contributed by atoms with van der Waals surface area (Å²) in [5.74, 6) is -1.92. The van der Waals surface area contributed by atoms with E-state index in [2.05, 4.69) is 20.9 Å². The van der Waals surface area contributed by atoms with Crippen LogP contribution < -0.4 is 16.0 Å². The maximum atomic E-state index is 13.9. The van der Waals surface area contributed by atoms with Gasteiger partial charge in [0.05, 0.1) is 27.5 Å². The summed E-state index contributed by atoms with van der Waals surface area (Å²) in [6.45, 7) is 1.71. The van der Waals surface area contributed by atoms with Gasteiger partial charge in [-0.1, -0.05) is 6.07 Å². The third-order valence-electron chi connectivity index (χ3n) is 4.48. The van der Waals surface area contributed by atoms with Gasteiger partial charge in [0.25, 0.3) is 17.7 Å². The number of aromatic nitrogens is 1. The second-order valence-corrected chi connectivity index (χ2v) is 7.92. The molecule has 0 fully saturated rings. The average molecular weight is 464 g/mol. The van der Waals surface area contributed by atoms with E-state index in [0.29, 0.717) is 15.4 Å². The average Bonchev–Trinajstić information content (AvgIpc) is 3.46. The van der Waals surface area contributed by atoms with Crippen LogP contribution in [0.15, 0.2) is 71.5 Å². The summed E-state index contributed by atoms with van der Waals surface area (Å²) in [7, 11) is 0. The van der Waals surface area contributed by atoms with Gasteiger partial charge in [0.15, 0.2) is 5.76 Å². The van der Waals surface area contributed by atoms with Gasteiger partial charge in [0.1, 0.15) is 11.5 Å². The van der Waals surface area contributed by atoms with Crippen molar-refractivity contribution in [1.29, 1.82) is 0 Å². The molecule has 0 spiro atoms. The van der Waals surface area contributed by atoms with Gasteiger partial charge >= 0.3 is 0 Å². The van der Waals surface area contributed by atoms with Crippen molar-refractivity contribution in [3.63, 3.8) is 0 Å². The first-order chi connectivity index (χ1) is 15.9. The Labute approximate surface area is 191 Å². The first kappa shape index (κ1) is 21.9. The van der Waals surface area contributed by atoms with Gasteiger partial charge in [-0.25, -0.2) is 4.39 Å². The number of furan rings is 1. The smallest absolute Gasteiger partial charge is 0.291 e. The number of hydrogen-bond acceptors (Lipinski definition) is 6. The molecule has 3 N–H and O–H groups in total. The maximum Gasteiger partial charge on any atom is 0.291 e. The van der Waals surface area contributed by atoms with Crippen LogP contribution in [0, 0.1) is 12.7 Å². The van der Waals surface area contributed by atoms with E-state index < -0.39 is 23.5 Å². The minimum Gasteiger partial charge on any atom is -0.459 e. The fourth-order valence-corrected chi connectivity index (χ4v) is 3.90. The molecule has 4 aromatic rings. The fraction of sp³-hybridized carbons (Fsp3) is 0.0435. The molecule has 0 aliphatic rings. The number of hydrogen-bond donors (Lipinski definition) is 3. The normalized spacial score (nSPS) is 10.5. The van der Waals surface area contributed by atoms with Crippen molar-refractivity contribution in [1.82, 2.24) is 4.98 Å². The van der Waals surface area contributed by atoms with Crippen molar-refractivity contribution < 1.29 is 23.2 Å². The van der Waals surface area contributed by atoms with E-state index in [1.54, 1.807) is 31.2 Å². The summed E-state index contributed by atoms with van der Waals surface area (Å²) < 4.78 is 18.9. The Bertz CT molecular complexity index is 1320. The summed E-state index contributed by atoms with van der Waals surface area (Å²) in [5.41, 5.74) is 1.08. The van der Waals surface area contributed by atoms with Gasteiger partial charge in [0, 0.05) is 6.20 Å².